The topological polar surface area (TPSA) is 99.6 Å². The molecule has 10 nitrogen and oxygen atoms in total. The zero-order chi connectivity index (χ0) is 34.9. The molecule has 0 saturated heterocycles. The first-order chi connectivity index (χ1) is 24.8. The molecule has 0 saturated carbocycles. The van der Waals surface area contributed by atoms with Crippen molar-refractivity contribution in [1.82, 2.24) is 9.97 Å². The molecular formula is C40H48N2O8. The predicted molar refractivity (Wildman–Crippen MR) is 195 cm³/mol. The van der Waals surface area contributed by atoms with Crippen LogP contribution in [0.5, 0.6) is 11.5 Å². The van der Waals surface area contributed by atoms with E-state index in [1.54, 1.807) is 12.2 Å². The third kappa shape index (κ3) is 14.6. The summed E-state index contributed by atoms with van der Waals surface area (Å²) >= 11 is 0. The van der Waals surface area contributed by atoms with Gasteiger partial charge in [-0.1, -0.05) is 48.6 Å². The number of hydrogen-bond acceptors (Lipinski definition) is 10. The first kappa shape index (κ1) is 38.4. The molecule has 266 valence electrons. The van der Waals surface area contributed by atoms with Crippen LogP contribution in [-0.2, 0) is 28.4 Å². The van der Waals surface area contributed by atoms with E-state index in [-0.39, 0.29) is 0 Å². The number of benzene rings is 2. The average Bonchev–Trinajstić information content (AvgIpc) is 3.16. The highest BCUT2D eigenvalue weighted by Gasteiger charge is 2.07. The van der Waals surface area contributed by atoms with E-state index in [4.69, 9.17) is 37.9 Å². The van der Waals surface area contributed by atoms with Crippen molar-refractivity contribution < 1.29 is 37.9 Å². The monoisotopic (exact) mass is 684 g/mol. The first-order valence-electron chi connectivity index (χ1n) is 16.8. The standard InChI is InChI=1S/C40H48N2O8/c1-3-15-43-17-19-45-21-23-47-25-27-49-37-9-5-7-33(29-37)35-11-13-39(41-31-35)40-14-12-36(32-42-40)34-8-6-10-38(30-34)50-28-26-48-24-22-46-20-18-44-16-4-2/h3-14,29-32H,1-2,15-28H2. The Morgan fingerprint density at radius 2 is 0.800 bits per heavy atom. The summed E-state index contributed by atoms with van der Waals surface area (Å²) in [7, 11) is 0. The van der Waals surface area contributed by atoms with E-state index >= 15 is 0 Å². The van der Waals surface area contributed by atoms with Crippen molar-refractivity contribution in [1.29, 1.82) is 0 Å². The van der Waals surface area contributed by atoms with Gasteiger partial charge in [-0.05, 0) is 47.5 Å². The molecule has 0 spiro atoms. The van der Waals surface area contributed by atoms with Crippen LogP contribution >= 0.6 is 0 Å². The van der Waals surface area contributed by atoms with Crippen LogP contribution in [-0.4, -0.2) is 102 Å². The molecule has 0 aliphatic carbocycles. The Kier molecular flexibility index (Phi) is 18.3. The maximum atomic E-state index is 5.89. The molecule has 2 aromatic heterocycles. The minimum absolute atomic E-state index is 0.446. The number of ether oxygens (including phenoxy) is 8. The van der Waals surface area contributed by atoms with Crippen LogP contribution in [0.4, 0.5) is 0 Å². The largest absolute Gasteiger partial charge is 0.491 e. The highest BCUT2D eigenvalue weighted by molar-refractivity contribution is 5.69. The molecule has 0 bridgehead atoms. The summed E-state index contributed by atoms with van der Waals surface area (Å²) in [5.74, 6) is 1.54. The van der Waals surface area contributed by atoms with Crippen LogP contribution in [0.15, 0.2) is 111 Å². The van der Waals surface area contributed by atoms with Gasteiger partial charge in [0.15, 0.2) is 0 Å². The third-order valence-corrected chi connectivity index (χ3v) is 7.08. The van der Waals surface area contributed by atoms with Gasteiger partial charge in [-0.15, -0.1) is 13.2 Å². The molecule has 0 aliphatic rings. The van der Waals surface area contributed by atoms with Crippen LogP contribution in [0.2, 0.25) is 0 Å². The lowest BCUT2D eigenvalue weighted by molar-refractivity contribution is 0.0136. The van der Waals surface area contributed by atoms with Crippen molar-refractivity contribution >= 4 is 0 Å². The Bertz CT molecular complexity index is 1400. The summed E-state index contributed by atoms with van der Waals surface area (Å²) in [4.78, 5) is 9.38. The van der Waals surface area contributed by atoms with Gasteiger partial charge in [0, 0.05) is 23.5 Å². The van der Waals surface area contributed by atoms with Crippen LogP contribution in [0.3, 0.4) is 0 Å². The van der Waals surface area contributed by atoms with E-state index in [0.29, 0.717) is 92.5 Å². The zero-order valence-electron chi connectivity index (χ0n) is 28.7. The van der Waals surface area contributed by atoms with Crippen molar-refractivity contribution in [3.63, 3.8) is 0 Å². The highest BCUT2D eigenvalue weighted by Crippen LogP contribution is 2.27. The molecule has 0 fully saturated rings. The van der Waals surface area contributed by atoms with Crippen molar-refractivity contribution in [2.45, 2.75) is 0 Å². The Balaban J connectivity index is 1.17. The van der Waals surface area contributed by atoms with Crippen LogP contribution in [0.25, 0.3) is 33.6 Å². The minimum Gasteiger partial charge on any atom is -0.491 e. The minimum atomic E-state index is 0.446. The molecule has 2 heterocycles. The lowest BCUT2D eigenvalue weighted by Gasteiger charge is -2.10. The molecule has 0 radical (unpaired) electrons. The summed E-state index contributed by atoms with van der Waals surface area (Å²) in [6, 6.07) is 23.9. The quantitative estimate of drug-likeness (QED) is 0.0498. The number of aromatic nitrogens is 2. The summed E-state index contributed by atoms with van der Waals surface area (Å²) < 4.78 is 44.4. The fourth-order valence-electron chi connectivity index (χ4n) is 4.61. The van der Waals surface area contributed by atoms with Gasteiger partial charge in [0.2, 0.25) is 0 Å². The number of rotatable bonds is 27. The Hall–Kier alpha value is -4.42. The highest BCUT2D eigenvalue weighted by atomic mass is 16.6. The summed E-state index contributed by atoms with van der Waals surface area (Å²) in [6.45, 7) is 14.3. The summed E-state index contributed by atoms with van der Waals surface area (Å²) in [5.41, 5.74) is 5.59. The summed E-state index contributed by atoms with van der Waals surface area (Å²) in [5, 5.41) is 0. The molecule has 4 rings (SSSR count). The Morgan fingerprint density at radius 1 is 0.420 bits per heavy atom. The molecule has 4 aromatic rings. The zero-order valence-corrected chi connectivity index (χ0v) is 28.7. The van der Waals surface area contributed by atoms with Crippen molar-refractivity contribution in [3.05, 3.63) is 111 Å². The molecule has 2 aromatic carbocycles. The normalized spacial score (nSPS) is 11.0. The Labute approximate surface area is 295 Å². The number of pyridine rings is 2. The van der Waals surface area contributed by atoms with Gasteiger partial charge < -0.3 is 37.9 Å². The Morgan fingerprint density at radius 3 is 1.16 bits per heavy atom. The van der Waals surface area contributed by atoms with Gasteiger partial charge in [0.1, 0.15) is 24.7 Å². The van der Waals surface area contributed by atoms with Gasteiger partial charge in [0.25, 0.3) is 0 Å². The molecule has 10 heteroatoms. The van der Waals surface area contributed by atoms with E-state index in [9.17, 15) is 0 Å². The van der Waals surface area contributed by atoms with Crippen molar-refractivity contribution in [2.24, 2.45) is 0 Å². The smallest absolute Gasteiger partial charge is 0.120 e. The van der Waals surface area contributed by atoms with Crippen molar-refractivity contribution in [2.75, 3.05) is 92.5 Å². The molecule has 0 N–H and O–H groups in total. The van der Waals surface area contributed by atoms with E-state index in [0.717, 1.165) is 45.1 Å². The lowest BCUT2D eigenvalue weighted by atomic mass is 10.1. The van der Waals surface area contributed by atoms with E-state index < -0.39 is 0 Å². The maximum absolute atomic E-state index is 5.89. The van der Waals surface area contributed by atoms with Gasteiger partial charge >= 0.3 is 0 Å². The second-order valence-electron chi connectivity index (χ2n) is 10.8. The van der Waals surface area contributed by atoms with Crippen LogP contribution in [0.1, 0.15) is 0 Å². The first-order valence-corrected chi connectivity index (χ1v) is 16.8. The molecule has 0 amide bonds. The van der Waals surface area contributed by atoms with E-state index in [1.807, 2.05) is 85.2 Å². The second kappa shape index (κ2) is 23.9. The molecule has 50 heavy (non-hydrogen) atoms. The SMILES string of the molecule is C=CCOCCOCCOCCOc1cccc(-c2ccc(-c3ccc(-c4cccc(OCCOCCOCCOCC=C)c4)cn3)nc2)c1. The van der Waals surface area contributed by atoms with Crippen LogP contribution < -0.4 is 9.47 Å². The molecule has 0 atom stereocenters. The third-order valence-electron chi connectivity index (χ3n) is 7.08. The fourth-order valence-corrected chi connectivity index (χ4v) is 4.61. The second-order valence-corrected chi connectivity index (χ2v) is 10.8. The van der Waals surface area contributed by atoms with Gasteiger partial charge in [-0.2, -0.15) is 0 Å². The molecule has 0 unspecified atom stereocenters. The van der Waals surface area contributed by atoms with Gasteiger partial charge in [0.05, 0.1) is 90.7 Å². The van der Waals surface area contributed by atoms with Crippen molar-refractivity contribution in [3.8, 4) is 45.1 Å². The predicted octanol–water partition coefficient (Wildman–Crippen LogP) is 6.71. The average molecular weight is 685 g/mol. The summed E-state index contributed by atoms with van der Waals surface area (Å²) in [6.07, 6.45) is 7.14. The van der Waals surface area contributed by atoms with E-state index in [2.05, 4.69) is 23.1 Å². The van der Waals surface area contributed by atoms with E-state index in [1.165, 1.54) is 0 Å². The van der Waals surface area contributed by atoms with Crippen LogP contribution in [0, 0.1) is 0 Å². The number of nitrogens with zero attached hydrogens (tertiary/aromatic N) is 2. The fraction of sp³-hybridized carbons (Fsp3) is 0.350. The molecular weight excluding hydrogens is 636 g/mol. The number of hydrogen-bond donors (Lipinski definition) is 0. The maximum Gasteiger partial charge on any atom is 0.120 e. The van der Waals surface area contributed by atoms with Gasteiger partial charge in [-0.3, -0.25) is 9.97 Å². The lowest BCUT2D eigenvalue weighted by Crippen LogP contribution is -2.12. The molecule has 0 aliphatic heterocycles. The van der Waals surface area contributed by atoms with Gasteiger partial charge in [-0.25, -0.2) is 0 Å².